The van der Waals surface area contributed by atoms with Crippen molar-refractivity contribution in [1.29, 1.82) is 0 Å². The number of carbonyl (C=O) groups excluding carboxylic acids is 1. The van der Waals surface area contributed by atoms with Gasteiger partial charge in [-0.2, -0.15) is 0 Å². The van der Waals surface area contributed by atoms with E-state index < -0.39 is 11.2 Å². The Hall–Kier alpha value is -1.53. The number of hydrogen-bond acceptors (Lipinski definition) is 5. The van der Waals surface area contributed by atoms with Gasteiger partial charge in [0.1, 0.15) is 17.0 Å². The highest BCUT2D eigenvalue weighted by Gasteiger charge is 2.29. The Balaban J connectivity index is 1.82. The molecule has 0 saturated carbocycles. The maximum absolute atomic E-state index is 12.2. The van der Waals surface area contributed by atoms with Gasteiger partial charge in [-0.3, -0.25) is 0 Å². The number of ether oxygens (including phenoxy) is 1. The van der Waals surface area contributed by atoms with Crippen LogP contribution in [0.25, 0.3) is 0 Å². The van der Waals surface area contributed by atoms with E-state index in [4.69, 9.17) is 9.15 Å². The van der Waals surface area contributed by atoms with E-state index in [1.54, 1.807) is 30.2 Å². The van der Waals surface area contributed by atoms with Crippen LogP contribution in [0.5, 0.6) is 0 Å². The minimum Gasteiger partial charge on any atom is -0.466 e. The van der Waals surface area contributed by atoms with Crippen molar-refractivity contribution in [3.63, 3.8) is 0 Å². The Bertz CT molecular complexity index is 520. The summed E-state index contributed by atoms with van der Waals surface area (Å²) in [6.45, 7) is 9.16. The molecule has 0 radical (unpaired) electrons. The summed E-state index contributed by atoms with van der Waals surface area (Å²) in [6.07, 6.45) is 4.04. The summed E-state index contributed by atoms with van der Waals surface area (Å²) in [4.78, 5) is 14.0. The van der Waals surface area contributed by atoms with E-state index in [0.29, 0.717) is 25.4 Å². The lowest BCUT2D eigenvalue weighted by atomic mass is 10.0. The normalized spacial score (nSPS) is 21.9. The molecule has 1 aliphatic heterocycles. The first kappa shape index (κ1) is 18.8. The Morgan fingerprint density at radius 3 is 2.75 bits per heavy atom. The number of hydrogen-bond donors (Lipinski definition) is 2. The van der Waals surface area contributed by atoms with Crippen LogP contribution < -0.4 is 5.32 Å². The maximum atomic E-state index is 12.2. The first-order valence-electron chi connectivity index (χ1n) is 8.65. The summed E-state index contributed by atoms with van der Waals surface area (Å²) < 4.78 is 10.7. The highest BCUT2D eigenvalue weighted by molar-refractivity contribution is 5.68. The lowest BCUT2D eigenvalue weighted by Gasteiger charge is -2.27. The molecule has 0 aliphatic carbocycles. The smallest absolute Gasteiger partial charge is 0.410 e. The van der Waals surface area contributed by atoms with Crippen LogP contribution in [0.4, 0.5) is 4.79 Å². The summed E-state index contributed by atoms with van der Waals surface area (Å²) in [5.41, 5.74) is -1.51. The number of aliphatic hydroxyl groups is 1. The average molecular weight is 338 g/mol. The van der Waals surface area contributed by atoms with Crippen LogP contribution >= 0.6 is 0 Å². The van der Waals surface area contributed by atoms with Gasteiger partial charge >= 0.3 is 6.09 Å². The summed E-state index contributed by atoms with van der Waals surface area (Å²) in [6, 6.07) is 3.81. The molecular formula is C18H30N2O4. The summed E-state index contributed by atoms with van der Waals surface area (Å²) in [5, 5.41) is 13.9. The van der Waals surface area contributed by atoms with Crippen LogP contribution in [0.2, 0.25) is 0 Å². The van der Waals surface area contributed by atoms with Gasteiger partial charge in [0.25, 0.3) is 0 Å². The van der Waals surface area contributed by atoms with Crippen molar-refractivity contribution in [2.24, 2.45) is 0 Å². The lowest BCUT2D eigenvalue weighted by molar-refractivity contribution is 0.0245. The third kappa shape index (κ3) is 5.53. The number of furan rings is 1. The molecule has 2 rings (SSSR count). The second-order valence-corrected chi connectivity index (χ2v) is 7.73. The average Bonchev–Trinajstić information content (AvgIpc) is 2.90. The van der Waals surface area contributed by atoms with Crippen LogP contribution in [-0.2, 0) is 10.3 Å². The van der Waals surface area contributed by atoms with Gasteiger partial charge in [-0.25, -0.2) is 4.79 Å². The molecule has 136 valence electrons. The summed E-state index contributed by atoms with van der Waals surface area (Å²) in [5.74, 6) is 0.555. The van der Waals surface area contributed by atoms with E-state index in [-0.39, 0.29) is 12.1 Å². The van der Waals surface area contributed by atoms with Gasteiger partial charge in [-0.1, -0.05) is 0 Å². The molecule has 2 unspecified atom stereocenters. The first-order chi connectivity index (χ1) is 11.2. The van der Waals surface area contributed by atoms with Crippen LogP contribution in [0, 0.1) is 0 Å². The van der Waals surface area contributed by atoms with Gasteiger partial charge in [0.05, 0.1) is 6.26 Å². The molecule has 2 N–H and O–H groups in total. The minimum atomic E-state index is -1.04. The topological polar surface area (TPSA) is 74.9 Å². The van der Waals surface area contributed by atoms with Crippen molar-refractivity contribution < 1.29 is 19.1 Å². The SMILES string of the molecule is CC(C)(C)OC(=O)N1CCCC(NCC(C)(O)c2ccco2)CC1. The Labute approximate surface area is 144 Å². The first-order valence-corrected chi connectivity index (χ1v) is 8.65. The zero-order valence-corrected chi connectivity index (χ0v) is 15.2. The number of rotatable bonds is 4. The summed E-state index contributed by atoms with van der Waals surface area (Å²) >= 11 is 0. The fraction of sp³-hybridized carbons (Fsp3) is 0.722. The molecule has 24 heavy (non-hydrogen) atoms. The summed E-state index contributed by atoms with van der Waals surface area (Å²) in [7, 11) is 0. The minimum absolute atomic E-state index is 0.245. The van der Waals surface area contributed by atoms with Gasteiger partial charge < -0.3 is 24.5 Å². The fourth-order valence-electron chi connectivity index (χ4n) is 2.82. The van der Waals surface area contributed by atoms with Gasteiger partial charge in [0.2, 0.25) is 0 Å². The van der Waals surface area contributed by atoms with Gasteiger partial charge in [0.15, 0.2) is 0 Å². The molecule has 1 aromatic rings. The van der Waals surface area contributed by atoms with Crippen LogP contribution in [0.15, 0.2) is 22.8 Å². The Kier molecular flexibility index (Phi) is 5.93. The zero-order chi connectivity index (χ0) is 17.8. The largest absolute Gasteiger partial charge is 0.466 e. The number of nitrogens with one attached hydrogen (secondary N) is 1. The predicted molar refractivity (Wildman–Crippen MR) is 91.7 cm³/mol. The molecule has 2 heterocycles. The molecule has 6 nitrogen and oxygen atoms in total. The third-order valence-electron chi connectivity index (χ3n) is 4.17. The van der Waals surface area contributed by atoms with E-state index in [1.165, 1.54) is 0 Å². The van der Waals surface area contributed by atoms with Crippen molar-refractivity contribution in [1.82, 2.24) is 10.2 Å². The van der Waals surface area contributed by atoms with Crippen LogP contribution in [0.3, 0.4) is 0 Å². The predicted octanol–water partition coefficient (Wildman–Crippen LogP) is 2.87. The van der Waals surface area contributed by atoms with Crippen molar-refractivity contribution in [2.45, 2.75) is 64.2 Å². The number of likely N-dealkylation sites (tertiary alicyclic amines) is 1. The van der Waals surface area contributed by atoms with Gasteiger partial charge in [-0.15, -0.1) is 0 Å². The van der Waals surface area contributed by atoms with Crippen molar-refractivity contribution in [3.8, 4) is 0 Å². The monoisotopic (exact) mass is 338 g/mol. The molecule has 1 saturated heterocycles. The Morgan fingerprint density at radius 1 is 1.38 bits per heavy atom. The van der Waals surface area contributed by atoms with E-state index in [0.717, 1.165) is 19.3 Å². The van der Waals surface area contributed by atoms with E-state index in [1.807, 2.05) is 20.8 Å². The molecule has 1 fully saturated rings. The molecular weight excluding hydrogens is 308 g/mol. The molecule has 0 bridgehead atoms. The van der Waals surface area contributed by atoms with E-state index >= 15 is 0 Å². The quantitative estimate of drug-likeness (QED) is 0.883. The number of nitrogens with zero attached hydrogens (tertiary/aromatic N) is 1. The maximum Gasteiger partial charge on any atom is 0.410 e. The lowest BCUT2D eigenvalue weighted by Crippen LogP contribution is -2.41. The second-order valence-electron chi connectivity index (χ2n) is 7.73. The highest BCUT2D eigenvalue weighted by Crippen LogP contribution is 2.21. The third-order valence-corrected chi connectivity index (χ3v) is 4.17. The van der Waals surface area contributed by atoms with Gasteiger partial charge in [0, 0.05) is 25.7 Å². The zero-order valence-electron chi connectivity index (χ0n) is 15.2. The van der Waals surface area contributed by atoms with Crippen LogP contribution in [-0.4, -0.2) is 47.4 Å². The molecule has 2 atom stereocenters. The van der Waals surface area contributed by atoms with Crippen molar-refractivity contribution in [3.05, 3.63) is 24.2 Å². The molecule has 0 aromatic carbocycles. The van der Waals surface area contributed by atoms with Crippen LogP contribution in [0.1, 0.15) is 52.7 Å². The molecule has 1 amide bonds. The Morgan fingerprint density at radius 2 is 2.12 bits per heavy atom. The van der Waals surface area contributed by atoms with E-state index in [2.05, 4.69) is 5.32 Å². The highest BCUT2D eigenvalue weighted by atomic mass is 16.6. The van der Waals surface area contributed by atoms with Gasteiger partial charge in [-0.05, 0) is 59.1 Å². The van der Waals surface area contributed by atoms with E-state index in [9.17, 15) is 9.90 Å². The second kappa shape index (κ2) is 7.57. The van der Waals surface area contributed by atoms with Crippen molar-refractivity contribution >= 4 is 6.09 Å². The molecule has 6 heteroatoms. The fourth-order valence-corrected chi connectivity index (χ4v) is 2.82. The number of carbonyl (C=O) groups is 1. The van der Waals surface area contributed by atoms with Crippen molar-refractivity contribution in [2.75, 3.05) is 19.6 Å². The molecule has 0 spiro atoms. The number of amides is 1. The molecule has 1 aromatic heterocycles. The molecule has 1 aliphatic rings. The standard InChI is InChI=1S/C18H30N2O4/c1-17(2,3)24-16(21)20-10-5-7-14(9-11-20)19-13-18(4,22)15-8-6-12-23-15/h6,8,12,14,19,22H,5,7,9-11,13H2,1-4H3.